The molecule has 1 aliphatic heterocycles. The van der Waals surface area contributed by atoms with Crippen LogP contribution in [0.25, 0.3) is 0 Å². The molecule has 140 valence electrons. The van der Waals surface area contributed by atoms with Gasteiger partial charge >= 0.3 is 0 Å². The van der Waals surface area contributed by atoms with Crippen molar-refractivity contribution in [2.45, 2.75) is 33.4 Å². The molecular formula is C19H28N6O. The van der Waals surface area contributed by atoms with Gasteiger partial charge < -0.3 is 9.80 Å². The van der Waals surface area contributed by atoms with Gasteiger partial charge in [-0.3, -0.25) is 4.79 Å². The molecule has 0 N–H and O–H groups in total. The lowest BCUT2D eigenvalue weighted by Crippen LogP contribution is -2.37. The number of likely N-dealkylation sites (tertiary alicyclic amines) is 1. The molecule has 2 aromatic rings. The largest absolute Gasteiger partial charge is 0.337 e. The van der Waals surface area contributed by atoms with Crippen molar-refractivity contribution in [3.63, 3.8) is 0 Å². The summed E-state index contributed by atoms with van der Waals surface area (Å²) in [5.41, 5.74) is 1.81. The normalized spacial score (nSPS) is 20.3. The van der Waals surface area contributed by atoms with Crippen molar-refractivity contribution in [3.8, 4) is 0 Å². The second-order valence-corrected chi connectivity index (χ2v) is 7.73. The van der Waals surface area contributed by atoms with Gasteiger partial charge in [0.25, 0.3) is 5.91 Å². The van der Waals surface area contributed by atoms with Gasteiger partial charge in [0, 0.05) is 24.7 Å². The number of hydrogen-bond donors (Lipinski definition) is 0. The summed E-state index contributed by atoms with van der Waals surface area (Å²) in [5.74, 6) is 1.96. The minimum Gasteiger partial charge on any atom is -0.337 e. The molecule has 7 heteroatoms. The van der Waals surface area contributed by atoms with Gasteiger partial charge in [-0.1, -0.05) is 26.0 Å². The van der Waals surface area contributed by atoms with Crippen LogP contribution in [0.5, 0.6) is 0 Å². The van der Waals surface area contributed by atoms with Crippen LogP contribution < -0.4 is 0 Å². The van der Waals surface area contributed by atoms with Gasteiger partial charge in [0.15, 0.2) is 0 Å². The van der Waals surface area contributed by atoms with Crippen molar-refractivity contribution in [2.75, 3.05) is 27.2 Å². The summed E-state index contributed by atoms with van der Waals surface area (Å²) in [4.78, 5) is 17.2. The highest BCUT2D eigenvalue weighted by molar-refractivity contribution is 5.94. The van der Waals surface area contributed by atoms with Crippen molar-refractivity contribution in [1.82, 2.24) is 30.0 Å². The van der Waals surface area contributed by atoms with Crippen molar-refractivity contribution in [1.29, 1.82) is 0 Å². The monoisotopic (exact) mass is 356 g/mol. The number of rotatable bonds is 5. The van der Waals surface area contributed by atoms with Gasteiger partial charge in [0.2, 0.25) is 0 Å². The zero-order valence-corrected chi connectivity index (χ0v) is 16.3. The topological polar surface area (TPSA) is 67.2 Å². The van der Waals surface area contributed by atoms with E-state index in [-0.39, 0.29) is 5.91 Å². The van der Waals surface area contributed by atoms with E-state index < -0.39 is 0 Å². The second-order valence-electron chi connectivity index (χ2n) is 7.73. The van der Waals surface area contributed by atoms with E-state index in [0.717, 1.165) is 30.0 Å². The standard InChI is InChI=1S/C19H28N6O/c1-13(2)17-11-24(12-18(17)23(4)5)19(26)16-8-6-15(7-9-16)10-25-14(3)20-21-22-25/h6-9,13,17-18H,10-12H2,1-5H3/t17-,18+/m0/s1. The molecule has 1 aromatic heterocycles. The fourth-order valence-corrected chi connectivity index (χ4v) is 3.68. The minimum atomic E-state index is 0.116. The molecular weight excluding hydrogens is 328 g/mol. The zero-order chi connectivity index (χ0) is 18.8. The number of hydrogen-bond acceptors (Lipinski definition) is 5. The SMILES string of the molecule is Cc1nnnn1Cc1ccc(C(=O)N2C[C@@H](N(C)C)[C@H](C(C)C)C2)cc1. The molecule has 1 aromatic carbocycles. The highest BCUT2D eigenvalue weighted by atomic mass is 16.2. The average molecular weight is 356 g/mol. The minimum absolute atomic E-state index is 0.116. The second kappa shape index (κ2) is 7.53. The van der Waals surface area contributed by atoms with Crippen LogP contribution in [-0.4, -0.2) is 69.1 Å². The Morgan fingerprint density at radius 1 is 1.23 bits per heavy atom. The number of amides is 1. The first-order chi connectivity index (χ1) is 12.4. The third kappa shape index (κ3) is 3.77. The van der Waals surface area contributed by atoms with E-state index in [0.29, 0.717) is 24.4 Å². The molecule has 2 heterocycles. The maximum atomic E-state index is 12.9. The van der Waals surface area contributed by atoms with E-state index in [2.05, 4.69) is 48.4 Å². The number of likely N-dealkylation sites (N-methyl/N-ethyl adjacent to an activating group) is 1. The quantitative estimate of drug-likeness (QED) is 0.815. The van der Waals surface area contributed by atoms with E-state index in [1.807, 2.05) is 36.1 Å². The number of carbonyl (C=O) groups is 1. The summed E-state index contributed by atoms with van der Waals surface area (Å²) in [6.45, 7) is 8.58. The van der Waals surface area contributed by atoms with Crippen molar-refractivity contribution in [2.24, 2.45) is 11.8 Å². The maximum Gasteiger partial charge on any atom is 0.253 e. The van der Waals surface area contributed by atoms with Gasteiger partial charge in [-0.15, -0.1) is 5.10 Å². The lowest BCUT2D eigenvalue weighted by molar-refractivity contribution is 0.0780. The molecule has 2 atom stereocenters. The molecule has 1 amide bonds. The summed E-state index contributed by atoms with van der Waals surface area (Å²) in [5, 5.41) is 11.5. The van der Waals surface area contributed by atoms with Gasteiger partial charge in [-0.05, 0) is 61.0 Å². The molecule has 1 fully saturated rings. The molecule has 3 rings (SSSR count). The van der Waals surface area contributed by atoms with Crippen LogP contribution in [0.1, 0.15) is 35.6 Å². The Labute approximate surface area is 155 Å². The van der Waals surface area contributed by atoms with E-state index in [1.165, 1.54) is 0 Å². The number of nitrogens with zero attached hydrogens (tertiary/aromatic N) is 6. The Morgan fingerprint density at radius 3 is 2.42 bits per heavy atom. The Kier molecular flexibility index (Phi) is 5.36. The van der Waals surface area contributed by atoms with E-state index in [1.54, 1.807) is 4.68 Å². The third-order valence-electron chi connectivity index (χ3n) is 5.38. The van der Waals surface area contributed by atoms with Crippen LogP contribution in [-0.2, 0) is 6.54 Å². The summed E-state index contributed by atoms with van der Waals surface area (Å²) in [6.07, 6.45) is 0. The first-order valence-electron chi connectivity index (χ1n) is 9.14. The van der Waals surface area contributed by atoms with Crippen LogP contribution in [0, 0.1) is 18.8 Å². The molecule has 1 saturated heterocycles. The Hall–Kier alpha value is -2.28. The molecule has 1 aliphatic rings. The van der Waals surface area contributed by atoms with Crippen molar-refractivity contribution in [3.05, 3.63) is 41.2 Å². The predicted molar refractivity (Wildman–Crippen MR) is 99.8 cm³/mol. The number of aromatic nitrogens is 4. The lowest BCUT2D eigenvalue weighted by atomic mass is 9.91. The fourth-order valence-electron chi connectivity index (χ4n) is 3.68. The van der Waals surface area contributed by atoms with Crippen LogP contribution in [0.3, 0.4) is 0 Å². The third-order valence-corrected chi connectivity index (χ3v) is 5.38. The van der Waals surface area contributed by atoms with E-state index in [4.69, 9.17) is 0 Å². The summed E-state index contributed by atoms with van der Waals surface area (Å²) in [6, 6.07) is 8.19. The van der Waals surface area contributed by atoms with Crippen LogP contribution >= 0.6 is 0 Å². The number of aryl methyl sites for hydroxylation is 1. The Morgan fingerprint density at radius 2 is 1.92 bits per heavy atom. The highest BCUT2D eigenvalue weighted by Gasteiger charge is 2.38. The van der Waals surface area contributed by atoms with Crippen LogP contribution in [0.4, 0.5) is 0 Å². The lowest BCUT2D eigenvalue weighted by Gasteiger charge is -2.27. The average Bonchev–Trinajstić information content (AvgIpc) is 3.22. The van der Waals surface area contributed by atoms with Crippen LogP contribution in [0.15, 0.2) is 24.3 Å². The van der Waals surface area contributed by atoms with Gasteiger partial charge in [-0.2, -0.15) is 0 Å². The van der Waals surface area contributed by atoms with Gasteiger partial charge in [-0.25, -0.2) is 4.68 Å². The predicted octanol–water partition coefficient (Wildman–Crippen LogP) is 1.69. The van der Waals surface area contributed by atoms with E-state index >= 15 is 0 Å². The van der Waals surface area contributed by atoms with Crippen molar-refractivity contribution >= 4 is 5.91 Å². The first-order valence-corrected chi connectivity index (χ1v) is 9.14. The molecule has 0 saturated carbocycles. The van der Waals surface area contributed by atoms with Crippen molar-refractivity contribution < 1.29 is 4.79 Å². The molecule has 0 spiro atoms. The number of carbonyl (C=O) groups excluding carboxylic acids is 1. The number of tetrazole rings is 1. The summed E-state index contributed by atoms with van der Waals surface area (Å²) >= 11 is 0. The number of benzene rings is 1. The fraction of sp³-hybridized carbons (Fsp3) is 0.579. The molecule has 0 aliphatic carbocycles. The smallest absolute Gasteiger partial charge is 0.253 e. The molecule has 26 heavy (non-hydrogen) atoms. The van der Waals surface area contributed by atoms with Gasteiger partial charge in [0.1, 0.15) is 5.82 Å². The zero-order valence-electron chi connectivity index (χ0n) is 16.3. The highest BCUT2D eigenvalue weighted by Crippen LogP contribution is 2.28. The maximum absolute atomic E-state index is 12.9. The molecule has 0 radical (unpaired) electrons. The molecule has 7 nitrogen and oxygen atoms in total. The Bertz CT molecular complexity index is 736. The first kappa shape index (κ1) is 18.5. The molecule has 0 bridgehead atoms. The summed E-state index contributed by atoms with van der Waals surface area (Å²) < 4.78 is 1.74. The summed E-state index contributed by atoms with van der Waals surface area (Å²) in [7, 11) is 4.20. The van der Waals surface area contributed by atoms with E-state index in [9.17, 15) is 4.79 Å². The van der Waals surface area contributed by atoms with Gasteiger partial charge in [0.05, 0.1) is 6.54 Å². The Balaban J connectivity index is 1.69. The molecule has 0 unspecified atom stereocenters. The van der Waals surface area contributed by atoms with Crippen LogP contribution in [0.2, 0.25) is 0 Å².